The van der Waals surface area contributed by atoms with Gasteiger partial charge in [-0.2, -0.15) is 0 Å². The van der Waals surface area contributed by atoms with Crippen LogP contribution in [0.15, 0.2) is 48.8 Å². The van der Waals surface area contributed by atoms with Crippen LogP contribution in [0.1, 0.15) is 23.1 Å². The fourth-order valence-electron chi connectivity index (χ4n) is 3.16. The van der Waals surface area contributed by atoms with Crippen LogP contribution >= 0.6 is 0 Å². The standard InChI is InChI=1S/C20H23N3O2/c1-15-3-5-16(6-4-15)13-23-14-18(11-19(23)24)20(25)22(2)12-17-7-9-21-10-8-17/h3-10,18H,11-14H2,1-2H3. The predicted molar refractivity (Wildman–Crippen MR) is 95.4 cm³/mol. The summed E-state index contributed by atoms with van der Waals surface area (Å²) in [6.45, 7) is 3.63. The normalized spacial score (nSPS) is 17.0. The van der Waals surface area contributed by atoms with E-state index < -0.39 is 0 Å². The van der Waals surface area contributed by atoms with E-state index in [2.05, 4.69) is 4.98 Å². The number of hydrogen-bond donors (Lipinski definition) is 0. The summed E-state index contributed by atoms with van der Waals surface area (Å²) < 4.78 is 0. The van der Waals surface area contributed by atoms with Gasteiger partial charge in [0.15, 0.2) is 0 Å². The molecular formula is C20H23N3O2. The maximum Gasteiger partial charge on any atom is 0.228 e. The second kappa shape index (κ2) is 7.47. The average Bonchev–Trinajstić information content (AvgIpc) is 2.98. The van der Waals surface area contributed by atoms with Gasteiger partial charge in [0.25, 0.3) is 0 Å². The molecule has 2 heterocycles. The van der Waals surface area contributed by atoms with Crippen LogP contribution in [0.25, 0.3) is 0 Å². The molecule has 0 aliphatic carbocycles. The monoisotopic (exact) mass is 337 g/mol. The van der Waals surface area contributed by atoms with Gasteiger partial charge >= 0.3 is 0 Å². The first-order chi connectivity index (χ1) is 12.0. The van der Waals surface area contributed by atoms with Gasteiger partial charge in [0.2, 0.25) is 11.8 Å². The van der Waals surface area contributed by atoms with Crippen molar-refractivity contribution < 1.29 is 9.59 Å². The van der Waals surface area contributed by atoms with Crippen molar-refractivity contribution in [3.05, 3.63) is 65.5 Å². The third-order valence-corrected chi connectivity index (χ3v) is 4.60. The highest BCUT2D eigenvalue weighted by Crippen LogP contribution is 2.22. The van der Waals surface area contributed by atoms with E-state index in [-0.39, 0.29) is 17.7 Å². The molecule has 1 aliphatic rings. The Morgan fingerprint density at radius 1 is 1.16 bits per heavy atom. The maximum atomic E-state index is 12.7. The van der Waals surface area contributed by atoms with Crippen molar-refractivity contribution in [1.29, 1.82) is 0 Å². The predicted octanol–water partition coefficient (Wildman–Crippen LogP) is 2.40. The molecule has 2 amide bonds. The van der Waals surface area contributed by atoms with Crippen molar-refractivity contribution in [3.8, 4) is 0 Å². The second-order valence-electron chi connectivity index (χ2n) is 6.71. The van der Waals surface area contributed by atoms with Gasteiger partial charge in [-0.25, -0.2) is 0 Å². The number of amides is 2. The number of rotatable bonds is 5. The molecule has 0 bridgehead atoms. The maximum absolute atomic E-state index is 12.7. The van der Waals surface area contributed by atoms with E-state index in [4.69, 9.17) is 0 Å². The molecule has 5 nitrogen and oxygen atoms in total. The zero-order chi connectivity index (χ0) is 17.8. The number of pyridine rings is 1. The van der Waals surface area contributed by atoms with E-state index in [0.717, 1.165) is 11.1 Å². The summed E-state index contributed by atoms with van der Waals surface area (Å²) in [6, 6.07) is 11.9. The Morgan fingerprint density at radius 3 is 2.52 bits per heavy atom. The Balaban J connectivity index is 1.59. The molecule has 3 rings (SSSR count). The molecule has 2 aromatic rings. The topological polar surface area (TPSA) is 53.5 Å². The Bertz CT molecular complexity index is 743. The van der Waals surface area contributed by atoms with Crippen molar-refractivity contribution in [2.45, 2.75) is 26.4 Å². The molecule has 1 atom stereocenters. The van der Waals surface area contributed by atoms with Crippen LogP contribution in [-0.2, 0) is 22.7 Å². The first-order valence-corrected chi connectivity index (χ1v) is 8.50. The molecule has 1 aromatic heterocycles. The van der Waals surface area contributed by atoms with Crippen molar-refractivity contribution in [2.24, 2.45) is 5.92 Å². The number of likely N-dealkylation sites (tertiary alicyclic amines) is 1. The van der Waals surface area contributed by atoms with E-state index in [1.54, 1.807) is 29.2 Å². The van der Waals surface area contributed by atoms with E-state index in [0.29, 0.717) is 26.1 Å². The van der Waals surface area contributed by atoms with Crippen LogP contribution in [0.2, 0.25) is 0 Å². The first kappa shape index (κ1) is 17.1. The Hall–Kier alpha value is -2.69. The van der Waals surface area contributed by atoms with Gasteiger partial charge in [-0.1, -0.05) is 29.8 Å². The fourth-order valence-corrected chi connectivity index (χ4v) is 3.16. The third kappa shape index (κ3) is 4.24. The molecule has 0 radical (unpaired) electrons. The summed E-state index contributed by atoms with van der Waals surface area (Å²) in [5, 5.41) is 0. The summed E-state index contributed by atoms with van der Waals surface area (Å²) in [4.78, 5) is 32.4. The van der Waals surface area contributed by atoms with Crippen LogP contribution in [0.3, 0.4) is 0 Å². The lowest BCUT2D eigenvalue weighted by molar-refractivity contribution is -0.135. The summed E-state index contributed by atoms with van der Waals surface area (Å²) in [6.07, 6.45) is 3.73. The summed E-state index contributed by atoms with van der Waals surface area (Å²) in [5.74, 6) is -0.183. The Labute approximate surface area is 148 Å². The number of carbonyl (C=O) groups excluding carboxylic acids is 2. The van der Waals surface area contributed by atoms with Gasteiger partial charge < -0.3 is 9.80 Å². The SMILES string of the molecule is Cc1ccc(CN2CC(C(=O)N(C)Cc3ccncc3)CC2=O)cc1. The quantitative estimate of drug-likeness (QED) is 0.842. The molecule has 1 saturated heterocycles. The fraction of sp³-hybridized carbons (Fsp3) is 0.350. The zero-order valence-electron chi connectivity index (χ0n) is 14.7. The van der Waals surface area contributed by atoms with Crippen LogP contribution in [-0.4, -0.2) is 40.2 Å². The Kier molecular flexibility index (Phi) is 5.12. The van der Waals surface area contributed by atoms with Crippen molar-refractivity contribution in [2.75, 3.05) is 13.6 Å². The summed E-state index contributed by atoms with van der Waals surface area (Å²) in [7, 11) is 1.79. The van der Waals surface area contributed by atoms with Crippen LogP contribution in [0.4, 0.5) is 0 Å². The molecule has 25 heavy (non-hydrogen) atoms. The number of benzene rings is 1. The van der Waals surface area contributed by atoms with Gasteiger partial charge in [0.05, 0.1) is 5.92 Å². The first-order valence-electron chi connectivity index (χ1n) is 8.50. The minimum absolute atomic E-state index is 0.0246. The highest BCUT2D eigenvalue weighted by molar-refractivity contribution is 5.89. The van der Waals surface area contributed by atoms with Gasteiger partial charge in [-0.3, -0.25) is 14.6 Å². The molecule has 130 valence electrons. The second-order valence-corrected chi connectivity index (χ2v) is 6.71. The summed E-state index contributed by atoms with van der Waals surface area (Å²) in [5.41, 5.74) is 3.33. The number of hydrogen-bond acceptors (Lipinski definition) is 3. The van der Waals surface area contributed by atoms with Gasteiger partial charge in [0, 0.05) is 45.5 Å². The van der Waals surface area contributed by atoms with Gasteiger partial charge in [-0.15, -0.1) is 0 Å². The molecule has 5 heteroatoms. The van der Waals surface area contributed by atoms with E-state index in [9.17, 15) is 9.59 Å². The number of nitrogens with zero attached hydrogens (tertiary/aromatic N) is 3. The van der Waals surface area contributed by atoms with Gasteiger partial charge in [0.1, 0.15) is 0 Å². The van der Waals surface area contributed by atoms with E-state index in [1.807, 2.05) is 43.3 Å². The summed E-state index contributed by atoms with van der Waals surface area (Å²) >= 11 is 0. The highest BCUT2D eigenvalue weighted by Gasteiger charge is 2.35. The highest BCUT2D eigenvalue weighted by atomic mass is 16.2. The molecule has 0 spiro atoms. The molecule has 0 saturated carbocycles. The van der Waals surface area contributed by atoms with Crippen molar-refractivity contribution in [3.63, 3.8) is 0 Å². The number of aryl methyl sites for hydroxylation is 1. The lowest BCUT2D eigenvalue weighted by atomic mass is 10.1. The van der Waals surface area contributed by atoms with Gasteiger partial charge in [-0.05, 0) is 30.2 Å². The minimum Gasteiger partial charge on any atom is -0.341 e. The lowest BCUT2D eigenvalue weighted by Crippen LogP contribution is -2.34. The molecule has 1 unspecified atom stereocenters. The molecular weight excluding hydrogens is 314 g/mol. The van der Waals surface area contributed by atoms with Crippen molar-refractivity contribution in [1.82, 2.24) is 14.8 Å². The molecule has 1 fully saturated rings. The average molecular weight is 337 g/mol. The van der Waals surface area contributed by atoms with Crippen LogP contribution < -0.4 is 0 Å². The minimum atomic E-state index is -0.259. The lowest BCUT2D eigenvalue weighted by Gasteiger charge is -2.21. The van der Waals surface area contributed by atoms with Crippen LogP contribution in [0.5, 0.6) is 0 Å². The number of aromatic nitrogens is 1. The molecule has 1 aromatic carbocycles. The zero-order valence-corrected chi connectivity index (χ0v) is 14.7. The van der Waals surface area contributed by atoms with E-state index >= 15 is 0 Å². The van der Waals surface area contributed by atoms with Crippen molar-refractivity contribution >= 4 is 11.8 Å². The molecule has 0 N–H and O–H groups in total. The van der Waals surface area contributed by atoms with E-state index in [1.165, 1.54) is 5.56 Å². The third-order valence-electron chi connectivity index (χ3n) is 4.60. The van der Waals surface area contributed by atoms with Crippen LogP contribution in [0, 0.1) is 12.8 Å². The smallest absolute Gasteiger partial charge is 0.228 e. The number of carbonyl (C=O) groups is 2. The largest absolute Gasteiger partial charge is 0.341 e. The Morgan fingerprint density at radius 2 is 1.84 bits per heavy atom. The molecule has 1 aliphatic heterocycles.